The number of hydrogen-bond acceptors (Lipinski definition) is 5. The molecule has 1 aliphatic heterocycles. The SMILES string of the molecule is CC(Nc1ccc([N+](=O)[O-])c2ncccc12)C1CCOC1. The number of rotatable bonds is 4. The van der Waals surface area contributed by atoms with Crippen molar-refractivity contribution in [2.75, 3.05) is 18.5 Å². The van der Waals surface area contributed by atoms with Gasteiger partial charge < -0.3 is 10.1 Å². The monoisotopic (exact) mass is 287 g/mol. The number of pyridine rings is 1. The molecule has 0 radical (unpaired) electrons. The zero-order valence-corrected chi connectivity index (χ0v) is 11.8. The summed E-state index contributed by atoms with van der Waals surface area (Å²) in [5, 5.41) is 15.3. The van der Waals surface area contributed by atoms with E-state index in [1.165, 1.54) is 6.07 Å². The van der Waals surface area contributed by atoms with Crippen molar-refractivity contribution >= 4 is 22.3 Å². The van der Waals surface area contributed by atoms with Gasteiger partial charge in [0, 0.05) is 41.9 Å². The van der Waals surface area contributed by atoms with E-state index in [2.05, 4.69) is 17.2 Å². The number of fused-ring (bicyclic) bond motifs is 1. The first-order valence-electron chi connectivity index (χ1n) is 7.03. The largest absolute Gasteiger partial charge is 0.382 e. The van der Waals surface area contributed by atoms with Crippen molar-refractivity contribution in [2.24, 2.45) is 5.92 Å². The van der Waals surface area contributed by atoms with Gasteiger partial charge in [-0.1, -0.05) is 0 Å². The number of nitrogens with one attached hydrogen (secondary N) is 1. The lowest BCUT2D eigenvalue weighted by molar-refractivity contribution is -0.383. The molecule has 6 nitrogen and oxygen atoms in total. The van der Waals surface area contributed by atoms with Gasteiger partial charge in [0.05, 0.1) is 11.5 Å². The molecule has 110 valence electrons. The average molecular weight is 287 g/mol. The molecule has 0 aliphatic carbocycles. The Hall–Kier alpha value is -2.21. The van der Waals surface area contributed by atoms with Gasteiger partial charge >= 0.3 is 0 Å². The van der Waals surface area contributed by atoms with Crippen LogP contribution in [0.4, 0.5) is 11.4 Å². The van der Waals surface area contributed by atoms with E-state index in [0.717, 1.165) is 30.7 Å². The van der Waals surface area contributed by atoms with E-state index in [1.807, 2.05) is 6.07 Å². The molecule has 6 heteroatoms. The molecule has 0 saturated carbocycles. The van der Waals surface area contributed by atoms with Gasteiger partial charge in [-0.25, -0.2) is 4.98 Å². The average Bonchev–Trinajstić information content (AvgIpc) is 3.01. The number of nitrogens with zero attached hydrogens (tertiary/aromatic N) is 2. The second kappa shape index (κ2) is 5.65. The third-order valence-corrected chi connectivity index (χ3v) is 4.00. The predicted octanol–water partition coefficient (Wildman–Crippen LogP) is 2.98. The summed E-state index contributed by atoms with van der Waals surface area (Å²) in [6.07, 6.45) is 2.62. The van der Waals surface area contributed by atoms with E-state index in [0.29, 0.717) is 11.4 Å². The second-order valence-corrected chi connectivity index (χ2v) is 5.35. The summed E-state index contributed by atoms with van der Waals surface area (Å²) >= 11 is 0. The van der Waals surface area contributed by atoms with E-state index >= 15 is 0 Å². The zero-order valence-electron chi connectivity index (χ0n) is 11.8. The van der Waals surface area contributed by atoms with E-state index in [1.54, 1.807) is 18.3 Å². The molecule has 2 heterocycles. The Balaban J connectivity index is 1.95. The number of nitro benzene ring substituents is 1. The van der Waals surface area contributed by atoms with Crippen molar-refractivity contribution in [1.82, 2.24) is 4.98 Å². The molecule has 1 aliphatic rings. The number of non-ortho nitro benzene ring substituents is 1. The molecule has 0 bridgehead atoms. The van der Waals surface area contributed by atoms with Crippen LogP contribution in [0.1, 0.15) is 13.3 Å². The number of hydrogen-bond donors (Lipinski definition) is 1. The van der Waals surface area contributed by atoms with Crippen molar-refractivity contribution in [3.8, 4) is 0 Å². The Bertz CT molecular complexity index is 668. The molecule has 0 spiro atoms. The highest BCUT2D eigenvalue weighted by molar-refractivity contribution is 5.96. The molecule has 1 fully saturated rings. The van der Waals surface area contributed by atoms with Crippen LogP contribution in [0, 0.1) is 16.0 Å². The Labute approximate surface area is 122 Å². The van der Waals surface area contributed by atoms with Crippen molar-refractivity contribution in [3.63, 3.8) is 0 Å². The fraction of sp³-hybridized carbons (Fsp3) is 0.400. The van der Waals surface area contributed by atoms with Gasteiger partial charge in [0.25, 0.3) is 5.69 Å². The molecule has 21 heavy (non-hydrogen) atoms. The third-order valence-electron chi connectivity index (χ3n) is 4.00. The highest BCUT2D eigenvalue weighted by Gasteiger charge is 2.23. The van der Waals surface area contributed by atoms with Gasteiger partial charge in [-0.05, 0) is 31.5 Å². The standard InChI is InChI=1S/C15H17N3O3/c1-10(11-6-8-21-9-11)17-13-4-5-14(18(19)20)15-12(13)3-2-7-16-15/h2-5,7,10-11,17H,6,8-9H2,1H3. The molecule has 1 aromatic carbocycles. The van der Waals surface area contributed by atoms with Crippen molar-refractivity contribution in [3.05, 3.63) is 40.6 Å². The molecule has 1 N–H and O–H groups in total. The van der Waals surface area contributed by atoms with Gasteiger partial charge in [0.2, 0.25) is 0 Å². The van der Waals surface area contributed by atoms with Crippen LogP contribution >= 0.6 is 0 Å². The highest BCUT2D eigenvalue weighted by Crippen LogP contribution is 2.31. The first-order valence-corrected chi connectivity index (χ1v) is 7.03. The lowest BCUT2D eigenvalue weighted by atomic mass is 10.00. The normalized spacial score (nSPS) is 19.6. The quantitative estimate of drug-likeness (QED) is 0.691. The van der Waals surface area contributed by atoms with Crippen LogP contribution in [0.25, 0.3) is 10.9 Å². The maximum atomic E-state index is 11.1. The van der Waals surface area contributed by atoms with Crippen LogP contribution in [0.3, 0.4) is 0 Å². The number of benzene rings is 1. The van der Waals surface area contributed by atoms with Gasteiger partial charge in [-0.2, -0.15) is 0 Å². The minimum Gasteiger partial charge on any atom is -0.382 e. The van der Waals surface area contributed by atoms with Crippen LogP contribution in [-0.2, 0) is 4.74 Å². The molecule has 2 atom stereocenters. The van der Waals surface area contributed by atoms with Crippen LogP contribution in [0.2, 0.25) is 0 Å². The summed E-state index contributed by atoms with van der Waals surface area (Å²) in [4.78, 5) is 14.9. The predicted molar refractivity (Wildman–Crippen MR) is 80.4 cm³/mol. The van der Waals surface area contributed by atoms with E-state index in [9.17, 15) is 10.1 Å². The molecule has 2 unspecified atom stereocenters. The van der Waals surface area contributed by atoms with Gasteiger partial charge in [0.15, 0.2) is 0 Å². The van der Waals surface area contributed by atoms with Crippen molar-refractivity contribution < 1.29 is 9.66 Å². The number of aromatic nitrogens is 1. The second-order valence-electron chi connectivity index (χ2n) is 5.35. The molecule has 1 aromatic heterocycles. The van der Waals surface area contributed by atoms with Crippen molar-refractivity contribution in [2.45, 2.75) is 19.4 Å². The summed E-state index contributed by atoms with van der Waals surface area (Å²) < 4.78 is 5.41. The minimum absolute atomic E-state index is 0.0352. The van der Waals surface area contributed by atoms with Gasteiger partial charge in [-0.15, -0.1) is 0 Å². The van der Waals surface area contributed by atoms with E-state index in [4.69, 9.17) is 4.74 Å². The van der Waals surface area contributed by atoms with Gasteiger partial charge in [0.1, 0.15) is 5.52 Å². The van der Waals surface area contributed by atoms with Crippen LogP contribution in [0.5, 0.6) is 0 Å². The highest BCUT2D eigenvalue weighted by atomic mass is 16.6. The summed E-state index contributed by atoms with van der Waals surface area (Å²) in [6.45, 7) is 3.68. The van der Waals surface area contributed by atoms with Crippen LogP contribution in [-0.4, -0.2) is 29.2 Å². The smallest absolute Gasteiger partial charge is 0.295 e. The van der Waals surface area contributed by atoms with Gasteiger partial charge in [-0.3, -0.25) is 10.1 Å². The topological polar surface area (TPSA) is 77.3 Å². The minimum atomic E-state index is -0.395. The first-order chi connectivity index (χ1) is 10.2. The lowest BCUT2D eigenvalue weighted by Gasteiger charge is -2.21. The Kier molecular flexibility index (Phi) is 3.70. The Morgan fingerprint density at radius 2 is 2.33 bits per heavy atom. The number of anilines is 1. The summed E-state index contributed by atoms with van der Waals surface area (Å²) in [5.74, 6) is 0.465. The fourth-order valence-corrected chi connectivity index (χ4v) is 2.74. The fourth-order valence-electron chi connectivity index (χ4n) is 2.74. The van der Waals surface area contributed by atoms with E-state index < -0.39 is 4.92 Å². The summed E-state index contributed by atoms with van der Waals surface area (Å²) in [7, 11) is 0. The molecule has 1 saturated heterocycles. The van der Waals surface area contributed by atoms with E-state index in [-0.39, 0.29) is 11.7 Å². The first kappa shape index (κ1) is 13.8. The lowest BCUT2D eigenvalue weighted by Crippen LogP contribution is -2.26. The van der Waals surface area contributed by atoms with Crippen LogP contribution < -0.4 is 5.32 Å². The zero-order chi connectivity index (χ0) is 14.8. The van der Waals surface area contributed by atoms with Crippen molar-refractivity contribution in [1.29, 1.82) is 0 Å². The maximum absolute atomic E-state index is 11.1. The molecule has 0 amide bonds. The molecule has 2 aromatic rings. The molecule has 3 rings (SSSR count). The van der Waals surface area contributed by atoms with Crippen LogP contribution in [0.15, 0.2) is 30.5 Å². The maximum Gasteiger partial charge on any atom is 0.295 e. The number of nitro groups is 1. The molecular weight excluding hydrogens is 270 g/mol. The third kappa shape index (κ3) is 2.67. The molecular formula is C15H17N3O3. The Morgan fingerprint density at radius 1 is 1.48 bits per heavy atom. The Morgan fingerprint density at radius 3 is 3.05 bits per heavy atom. The summed E-state index contributed by atoms with van der Waals surface area (Å²) in [6, 6.07) is 7.16. The summed E-state index contributed by atoms with van der Waals surface area (Å²) in [5.41, 5.74) is 1.33. The number of ether oxygens (including phenoxy) is 1.